The summed E-state index contributed by atoms with van der Waals surface area (Å²) in [6.07, 6.45) is 0.0610. The van der Waals surface area contributed by atoms with Crippen LogP contribution in [0.3, 0.4) is 0 Å². The Hall–Kier alpha value is -2.07. The fourth-order valence-corrected chi connectivity index (χ4v) is 5.76. The second-order valence-electron chi connectivity index (χ2n) is 9.89. The van der Waals surface area contributed by atoms with Gasteiger partial charge < -0.3 is 20.3 Å². The summed E-state index contributed by atoms with van der Waals surface area (Å²) in [5, 5.41) is 7.27. The van der Waals surface area contributed by atoms with Gasteiger partial charge in [-0.15, -0.1) is 0 Å². The molecule has 37 heavy (non-hydrogen) atoms. The second-order valence-corrected chi connectivity index (χ2v) is 11.7. The Balaban J connectivity index is 0.000000206. The average Bonchev–Trinajstić information content (AvgIpc) is 3.43. The number of nitrogens with one attached hydrogen (secondary N) is 1. The van der Waals surface area contributed by atoms with Crippen LogP contribution in [0.15, 0.2) is 57.5 Å². The van der Waals surface area contributed by atoms with Crippen molar-refractivity contribution in [1.29, 1.82) is 5.41 Å². The number of likely N-dealkylation sites (N-methyl/N-ethyl adjacent to an activating group) is 2. The van der Waals surface area contributed by atoms with Crippen LogP contribution in [0.4, 0.5) is 0 Å². The lowest BCUT2D eigenvalue weighted by molar-refractivity contribution is -0.148. The molecule has 4 rings (SSSR count). The van der Waals surface area contributed by atoms with Crippen LogP contribution in [-0.2, 0) is 14.3 Å². The predicted molar refractivity (Wildman–Crippen MR) is 154 cm³/mol. The SMILES string of the molecule is CCOC(=O)[C@H]1CN(C)C[C@@H]1c1ccc(Br)cc1.CN1C[C@H](C(=O)CC(=N)N)[C@@H](c2ccc(Br)cc2)C1. The summed E-state index contributed by atoms with van der Waals surface area (Å²) in [5.74, 6) is 0.284. The number of benzene rings is 2. The zero-order chi connectivity index (χ0) is 27.1. The van der Waals surface area contributed by atoms with E-state index in [1.54, 1.807) is 0 Å². The van der Waals surface area contributed by atoms with Crippen LogP contribution in [0.1, 0.15) is 36.3 Å². The molecule has 2 aliphatic heterocycles. The van der Waals surface area contributed by atoms with E-state index in [-0.39, 0.29) is 47.7 Å². The molecule has 0 aliphatic carbocycles. The van der Waals surface area contributed by atoms with Crippen LogP contribution >= 0.6 is 31.9 Å². The van der Waals surface area contributed by atoms with Crippen molar-refractivity contribution in [2.24, 2.45) is 17.6 Å². The van der Waals surface area contributed by atoms with E-state index in [0.29, 0.717) is 6.61 Å². The quantitative estimate of drug-likeness (QED) is 0.261. The summed E-state index contributed by atoms with van der Waals surface area (Å²) >= 11 is 6.85. The van der Waals surface area contributed by atoms with E-state index in [9.17, 15) is 9.59 Å². The molecule has 0 bridgehead atoms. The smallest absolute Gasteiger partial charge is 0.310 e. The number of carbonyl (C=O) groups is 2. The topological polar surface area (TPSA) is 99.7 Å². The number of amidine groups is 1. The largest absolute Gasteiger partial charge is 0.466 e. The molecule has 9 heteroatoms. The van der Waals surface area contributed by atoms with E-state index in [1.807, 2.05) is 45.3 Å². The maximum absolute atomic E-state index is 12.2. The number of nitrogens with zero attached hydrogens (tertiary/aromatic N) is 2. The van der Waals surface area contributed by atoms with E-state index >= 15 is 0 Å². The number of hydrogen-bond donors (Lipinski definition) is 2. The Morgan fingerprint density at radius 3 is 1.73 bits per heavy atom. The number of hydrogen-bond acceptors (Lipinski definition) is 6. The van der Waals surface area contributed by atoms with Crippen molar-refractivity contribution in [2.75, 3.05) is 46.9 Å². The minimum atomic E-state index is -0.0743. The third-order valence-corrected chi connectivity index (χ3v) is 8.03. The number of ketones is 1. The maximum atomic E-state index is 12.2. The Kier molecular flexibility index (Phi) is 10.9. The number of carbonyl (C=O) groups excluding carboxylic acids is 2. The fraction of sp³-hybridized carbons (Fsp3) is 0.464. The maximum Gasteiger partial charge on any atom is 0.310 e. The van der Waals surface area contributed by atoms with Crippen LogP contribution in [0.5, 0.6) is 0 Å². The molecule has 2 fully saturated rings. The predicted octanol–water partition coefficient (Wildman–Crippen LogP) is 4.65. The number of Topliss-reactive ketones (excluding diaryl/α,β-unsaturated/α-hetero) is 1. The first-order chi connectivity index (χ1) is 17.6. The van der Waals surface area contributed by atoms with Crippen LogP contribution in [-0.4, -0.2) is 74.3 Å². The molecular weight excluding hydrogens is 600 g/mol. The van der Waals surface area contributed by atoms with Gasteiger partial charge in [0.1, 0.15) is 5.78 Å². The number of rotatable bonds is 7. The van der Waals surface area contributed by atoms with E-state index < -0.39 is 0 Å². The van der Waals surface area contributed by atoms with Crippen LogP contribution in [0, 0.1) is 17.2 Å². The molecule has 2 aromatic rings. The van der Waals surface area contributed by atoms with Crippen LogP contribution < -0.4 is 5.73 Å². The fourth-order valence-electron chi connectivity index (χ4n) is 5.23. The summed E-state index contributed by atoms with van der Waals surface area (Å²) in [7, 11) is 4.07. The summed E-state index contributed by atoms with van der Waals surface area (Å²) in [6, 6.07) is 16.3. The second kappa shape index (κ2) is 13.6. The number of nitrogens with two attached hydrogens (primary N) is 1. The monoisotopic (exact) mass is 634 g/mol. The van der Waals surface area contributed by atoms with E-state index in [1.165, 1.54) is 11.1 Å². The molecule has 0 radical (unpaired) electrons. The van der Waals surface area contributed by atoms with E-state index in [4.69, 9.17) is 15.9 Å². The van der Waals surface area contributed by atoms with Gasteiger partial charge in [-0.2, -0.15) is 0 Å². The molecule has 2 heterocycles. The first kappa shape index (κ1) is 29.5. The van der Waals surface area contributed by atoms with Gasteiger partial charge in [-0.3, -0.25) is 15.0 Å². The van der Waals surface area contributed by atoms with Gasteiger partial charge in [-0.05, 0) is 56.4 Å². The normalized spacial score (nSPS) is 23.8. The third-order valence-electron chi connectivity index (χ3n) is 6.97. The molecule has 2 saturated heterocycles. The molecule has 7 nitrogen and oxygen atoms in total. The van der Waals surface area contributed by atoms with Gasteiger partial charge in [-0.25, -0.2) is 0 Å². The van der Waals surface area contributed by atoms with Gasteiger partial charge in [0, 0.05) is 52.9 Å². The van der Waals surface area contributed by atoms with Crippen molar-refractivity contribution in [1.82, 2.24) is 9.80 Å². The minimum Gasteiger partial charge on any atom is -0.466 e. The Bertz CT molecular complexity index is 1080. The van der Waals surface area contributed by atoms with Crippen LogP contribution in [0.25, 0.3) is 0 Å². The zero-order valence-corrected chi connectivity index (χ0v) is 24.8. The van der Waals surface area contributed by atoms with Crippen molar-refractivity contribution in [3.63, 3.8) is 0 Å². The lowest BCUT2D eigenvalue weighted by Crippen LogP contribution is -2.26. The summed E-state index contributed by atoms with van der Waals surface area (Å²) < 4.78 is 7.27. The van der Waals surface area contributed by atoms with Crippen LogP contribution in [0.2, 0.25) is 0 Å². The van der Waals surface area contributed by atoms with Crippen molar-refractivity contribution >= 4 is 49.4 Å². The highest BCUT2D eigenvalue weighted by Crippen LogP contribution is 2.34. The summed E-state index contributed by atoms with van der Waals surface area (Å²) in [5.41, 5.74) is 7.73. The number of likely N-dealkylation sites (tertiary alicyclic amines) is 2. The lowest BCUT2D eigenvalue weighted by Gasteiger charge is -2.17. The average molecular weight is 636 g/mol. The minimum absolute atomic E-state index is 0.0453. The number of halogens is 2. The Labute approximate surface area is 236 Å². The lowest BCUT2D eigenvalue weighted by atomic mass is 9.85. The first-order valence-electron chi connectivity index (χ1n) is 12.5. The summed E-state index contributed by atoms with van der Waals surface area (Å²) in [6.45, 7) is 5.60. The van der Waals surface area contributed by atoms with Crippen molar-refractivity contribution in [2.45, 2.75) is 25.2 Å². The van der Waals surface area contributed by atoms with Gasteiger partial charge >= 0.3 is 5.97 Å². The van der Waals surface area contributed by atoms with Crippen molar-refractivity contribution in [3.05, 3.63) is 68.6 Å². The molecule has 0 saturated carbocycles. The molecule has 0 spiro atoms. The molecule has 2 aliphatic rings. The molecule has 0 unspecified atom stereocenters. The molecule has 3 N–H and O–H groups in total. The Morgan fingerprint density at radius 2 is 1.30 bits per heavy atom. The molecule has 2 aromatic carbocycles. The van der Waals surface area contributed by atoms with Gasteiger partial charge in [-0.1, -0.05) is 56.1 Å². The molecule has 200 valence electrons. The third kappa shape index (κ3) is 8.21. The number of ether oxygens (including phenoxy) is 1. The first-order valence-corrected chi connectivity index (χ1v) is 14.1. The highest BCUT2D eigenvalue weighted by Gasteiger charge is 2.38. The molecule has 0 amide bonds. The van der Waals surface area contributed by atoms with Gasteiger partial charge in [0.25, 0.3) is 0 Å². The van der Waals surface area contributed by atoms with Gasteiger partial charge in [0.2, 0.25) is 0 Å². The number of esters is 1. The molecule has 0 aromatic heterocycles. The molecular formula is C28H36Br2N4O3. The standard InChI is InChI=1S/C14H18BrN3O.C14H18BrNO2/c1-18-7-11(9-2-4-10(15)5-3-9)12(8-18)13(19)6-14(16)17;1-3-18-14(17)13-9-16(2)8-12(13)10-4-6-11(15)7-5-10/h2-5,11-12H,6-8H2,1H3,(H3,16,17);4-7,12-13H,3,8-9H2,1-2H3/t11-,12+;12-,13+/m11/s1. The van der Waals surface area contributed by atoms with Gasteiger partial charge in [0.15, 0.2) is 0 Å². The van der Waals surface area contributed by atoms with E-state index in [0.717, 1.165) is 35.1 Å². The highest BCUT2D eigenvalue weighted by molar-refractivity contribution is 9.10. The molecule has 4 atom stereocenters. The van der Waals surface area contributed by atoms with Crippen molar-refractivity contribution in [3.8, 4) is 0 Å². The van der Waals surface area contributed by atoms with Gasteiger partial charge in [0.05, 0.1) is 24.8 Å². The summed E-state index contributed by atoms with van der Waals surface area (Å²) in [4.78, 5) is 28.5. The van der Waals surface area contributed by atoms with Crippen molar-refractivity contribution < 1.29 is 14.3 Å². The zero-order valence-electron chi connectivity index (χ0n) is 21.6. The highest BCUT2D eigenvalue weighted by atomic mass is 79.9. The Morgan fingerprint density at radius 1 is 0.865 bits per heavy atom. The van der Waals surface area contributed by atoms with E-state index in [2.05, 4.69) is 65.9 Å².